The number of hydrogen-bond donors (Lipinski definition) is 0. The Morgan fingerprint density at radius 3 is 2.51 bits per heavy atom. The first-order chi connectivity index (χ1) is 18.7. The molecular weight excluding hydrogens is 511 g/mol. The van der Waals surface area contributed by atoms with Gasteiger partial charge in [0.25, 0.3) is 0 Å². The van der Waals surface area contributed by atoms with Crippen LogP contribution < -0.4 is 14.4 Å². The fourth-order valence-electron chi connectivity index (χ4n) is 5.35. The third kappa shape index (κ3) is 4.37. The maximum atomic E-state index is 13.2. The first-order valence-corrected chi connectivity index (χ1v) is 12.7. The predicted octanol–water partition coefficient (Wildman–Crippen LogP) is 4.75. The van der Waals surface area contributed by atoms with Crippen LogP contribution in [0.5, 0.6) is 11.6 Å². The number of ether oxygens (including phenoxy) is 2. The molecule has 1 aliphatic heterocycles. The van der Waals surface area contributed by atoms with Gasteiger partial charge in [0.15, 0.2) is 5.69 Å². The molecule has 12 heteroatoms. The van der Waals surface area contributed by atoms with E-state index in [0.717, 1.165) is 65.9 Å². The second-order valence-corrected chi connectivity index (χ2v) is 9.93. The fourth-order valence-corrected chi connectivity index (χ4v) is 5.35. The number of benzene rings is 1. The Morgan fingerprint density at radius 1 is 1.05 bits per heavy atom. The molecule has 0 amide bonds. The van der Waals surface area contributed by atoms with Crippen LogP contribution in [0.25, 0.3) is 22.6 Å². The zero-order chi connectivity index (χ0) is 27.5. The maximum absolute atomic E-state index is 13.2. The summed E-state index contributed by atoms with van der Waals surface area (Å²) in [4.78, 5) is 15.0. The molecule has 204 valence electrons. The summed E-state index contributed by atoms with van der Waals surface area (Å²) in [6.45, 7) is 1.33. The topological polar surface area (TPSA) is 83.1 Å². The molecule has 0 radical (unpaired) electrons. The summed E-state index contributed by atoms with van der Waals surface area (Å²) in [6, 6.07) is 5.50. The summed E-state index contributed by atoms with van der Waals surface area (Å²) < 4.78 is 54.3. The van der Waals surface area contributed by atoms with E-state index < -0.39 is 11.9 Å². The lowest BCUT2D eigenvalue weighted by Gasteiger charge is -2.30. The highest BCUT2D eigenvalue weighted by Crippen LogP contribution is 2.47. The van der Waals surface area contributed by atoms with Gasteiger partial charge in [-0.15, -0.1) is 0 Å². The average Bonchev–Trinajstić information content (AvgIpc) is 3.62. The molecule has 2 aliphatic rings. The van der Waals surface area contributed by atoms with E-state index in [1.54, 1.807) is 26.6 Å². The van der Waals surface area contributed by atoms with Gasteiger partial charge >= 0.3 is 6.18 Å². The summed E-state index contributed by atoms with van der Waals surface area (Å²) in [5, 5.41) is 4.89. The van der Waals surface area contributed by atoms with Gasteiger partial charge in [0.1, 0.15) is 23.6 Å². The van der Waals surface area contributed by atoms with Crippen molar-refractivity contribution >= 4 is 5.69 Å². The SMILES string of the molecule is COc1cc(N2CCc3c(c(-c4c(OC)ncnc4C4CC4)nn3C)C2)ccc1-c1nc(C(F)(F)F)cn1C. The summed E-state index contributed by atoms with van der Waals surface area (Å²) in [5.41, 5.74) is 5.31. The van der Waals surface area contributed by atoms with Crippen molar-refractivity contribution in [3.8, 4) is 34.3 Å². The van der Waals surface area contributed by atoms with Crippen molar-refractivity contribution < 1.29 is 22.6 Å². The molecule has 0 atom stereocenters. The number of imidazole rings is 1. The maximum Gasteiger partial charge on any atom is 0.434 e. The summed E-state index contributed by atoms with van der Waals surface area (Å²) in [5.74, 6) is 1.53. The van der Waals surface area contributed by atoms with Gasteiger partial charge in [-0.3, -0.25) is 4.68 Å². The predicted molar refractivity (Wildman–Crippen MR) is 138 cm³/mol. The van der Waals surface area contributed by atoms with E-state index in [1.165, 1.54) is 11.7 Å². The highest BCUT2D eigenvalue weighted by Gasteiger charge is 2.36. The van der Waals surface area contributed by atoms with E-state index >= 15 is 0 Å². The van der Waals surface area contributed by atoms with Crippen molar-refractivity contribution in [1.82, 2.24) is 29.3 Å². The Morgan fingerprint density at radius 2 is 1.85 bits per heavy atom. The smallest absolute Gasteiger partial charge is 0.434 e. The van der Waals surface area contributed by atoms with Crippen LogP contribution in [0.4, 0.5) is 18.9 Å². The van der Waals surface area contributed by atoms with Crippen molar-refractivity contribution in [3.63, 3.8) is 0 Å². The molecule has 1 fully saturated rings. The standard InChI is InChI=1S/C27H28F3N7O2/c1-35-13-21(27(28,29)30)33-25(35)17-8-7-16(11-20(17)38-3)37-10-9-19-18(12-37)24(34-36(19)2)22-23(15-5-6-15)31-14-32-26(22)39-4/h7-8,11,13-15H,5-6,9-10,12H2,1-4H3. The van der Waals surface area contributed by atoms with Gasteiger partial charge in [-0.2, -0.15) is 18.3 Å². The van der Waals surface area contributed by atoms with E-state index in [2.05, 4.69) is 19.9 Å². The normalized spacial score (nSPS) is 15.4. The lowest BCUT2D eigenvalue weighted by molar-refractivity contribution is -0.140. The van der Waals surface area contributed by atoms with Crippen molar-refractivity contribution in [2.45, 2.75) is 37.9 Å². The van der Waals surface area contributed by atoms with Crippen LogP contribution in [0.1, 0.15) is 41.4 Å². The second kappa shape index (κ2) is 9.28. The molecule has 4 aromatic rings. The van der Waals surface area contributed by atoms with Gasteiger partial charge in [-0.1, -0.05) is 0 Å². The lowest BCUT2D eigenvalue weighted by atomic mass is 9.98. The Hall–Kier alpha value is -4.09. The van der Waals surface area contributed by atoms with Crippen LogP contribution in [0.3, 0.4) is 0 Å². The van der Waals surface area contributed by atoms with Crippen molar-refractivity contribution in [3.05, 3.63) is 53.4 Å². The first-order valence-electron chi connectivity index (χ1n) is 12.7. The highest BCUT2D eigenvalue weighted by molar-refractivity contribution is 5.74. The molecule has 0 bridgehead atoms. The molecule has 0 unspecified atom stereocenters. The summed E-state index contributed by atoms with van der Waals surface area (Å²) in [7, 11) is 6.60. The van der Waals surface area contributed by atoms with Gasteiger partial charge in [-0.25, -0.2) is 15.0 Å². The number of rotatable bonds is 6. The number of methoxy groups -OCH3 is 2. The van der Waals surface area contributed by atoms with Crippen LogP contribution in [-0.4, -0.2) is 50.1 Å². The number of aromatic nitrogens is 6. The van der Waals surface area contributed by atoms with Gasteiger partial charge in [0, 0.05) is 68.7 Å². The number of hydrogen-bond acceptors (Lipinski definition) is 7. The number of aryl methyl sites for hydroxylation is 2. The van der Waals surface area contributed by atoms with Crippen LogP contribution in [0.15, 0.2) is 30.7 Å². The zero-order valence-corrected chi connectivity index (χ0v) is 22.1. The third-order valence-corrected chi connectivity index (χ3v) is 7.44. The van der Waals surface area contributed by atoms with Gasteiger partial charge in [0.05, 0.1) is 31.0 Å². The molecule has 0 N–H and O–H groups in total. The number of alkyl halides is 3. The molecule has 1 aromatic carbocycles. The van der Waals surface area contributed by atoms with Gasteiger partial charge < -0.3 is 18.9 Å². The molecule has 39 heavy (non-hydrogen) atoms. The minimum Gasteiger partial charge on any atom is -0.496 e. The number of anilines is 1. The summed E-state index contributed by atoms with van der Waals surface area (Å²) in [6.07, 6.45) is 0.941. The molecule has 4 heterocycles. The van der Waals surface area contributed by atoms with Crippen molar-refractivity contribution in [1.29, 1.82) is 0 Å². The first kappa shape index (κ1) is 25.2. The minimum absolute atomic E-state index is 0.185. The fraction of sp³-hybridized carbons (Fsp3) is 0.407. The number of halogens is 3. The van der Waals surface area contributed by atoms with Gasteiger partial charge in [0.2, 0.25) is 5.88 Å². The van der Waals surface area contributed by atoms with Crippen LogP contribution >= 0.6 is 0 Å². The van der Waals surface area contributed by atoms with Crippen molar-refractivity contribution in [2.75, 3.05) is 25.7 Å². The monoisotopic (exact) mass is 539 g/mol. The van der Waals surface area contributed by atoms with E-state index in [0.29, 0.717) is 29.7 Å². The Labute approximate surface area is 223 Å². The molecule has 6 rings (SSSR count). The van der Waals surface area contributed by atoms with Crippen molar-refractivity contribution in [2.24, 2.45) is 14.1 Å². The number of nitrogens with zero attached hydrogens (tertiary/aromatic N) is 7. The van der Waals surface area contributed by atoms with E-state index in [-0.39, 0.29) is 5.82 Å². The van der Waals surface area contributed by atoms with Crippen LogP contribution in [0, 0.1) is 0 Å². The average molecular weight is 540 g/mol. The van der Waals surface area contributed by atoms with E-state index in [1.807, 2.05) is 23.9 Å². The molecule has 0 spiro atoms. The zero-order valence-electron chi connectivity index (χ0n) is 22.1. The minimum atomic E-state index is -4.53. The molecule has 9 nitrogen and oxygen atoms in total. The molecule has 3 aromatic heterocycles. The molecular formula is C27H28F3N7O2. The molecule has 1 saturated carbocycles. The number of fused-ring (bicyclic) bond motifs is 1. The quantitative estimate of drug-likeness (QED) is 0.350. The van der Waals surface area contributed by atoms with Gasteiger partial charge in [-0.05, 0) is 25.0 Å². The highest BCUT2D eigenvalue weighted by atomic mass is 19.4. The Bertz CT molecular complexity index is 1560. The second-order valence-electron chi connectivity index (χ2n) is 9.93. The lowest BCUT2D eigenvalue weighted by Crippen LogP contribution is -2.31. The van der Waals surface area contributed by atoms with Crippen LogP contribution in [-0.2, 0) is 33.2 Å². The Balaban J connectivity index is 1.37. The van der Waals surface area contributed by atoms with E-state index in [4.69, 9.17) is 14.6 Å². The molecule has 1 aliphatic carbocycles. The Kier molecular flexibility index (Phi) is 6.00. The molecule has 0 saturated heterocycles. The van der Waals surface area contributed by atoms with E-state index in [9.17, 15) is 13.2 Å². The summed E-state index contributed by atoms with van der Waals surface area (Å²) >= 11 is 0. The third-order valence-electron chi connectivity index (χ3n) is 7.44. The van der Waals surface area contributed by atoms with Crippen LogP contribution in [0.2, 0.25) is 0 Å². The largest absolute Gasteiger partial charge is 0.496 e.